The van der Waals surface area contributed by atoms with Crippen molar-refractivity contribution in [2.45, 2.75) is 6.42 Å². The number of para-hydroxylation sites is 1. The Hall–Kier alpha value is -1.56. The van der Waals surface area contributed by atoms with Crippen molar-refractivity contribution in [1.29, 1.82) is 0 Å². The SMILES string of the molecule is COc1ccccc1-c1nc(N2CCOCC2)nc(Cl)c1CCCl. The number of alkyl halides is 1. The molecule has 0 spiro atoms. The second-order valence-electron chi connectivity index (χ2n) is 5.38. The zero-order chi connectivity index (χ0) is 16.9. The summed E-state index contributed by atoms with van der Waals surface area (Å²) in [6, 6.07) is 7.75. The smallest absolute Gasteiger partial charge is 0.227 e. The van der Waals surface area contributed by atoms with Gasteiger partial charge < -0.3 is 14.4 Å². The summed E-state index contributed by atoms with van der Waals surface area (Å²) in [5, 5.41) is 0.438. The lowest BCUT2D eigenvalue weighted by Crippen LogP contribution is -2.37. The van der Waals surface area contributed by atoms with Crippen molar-refractivity contribution in [3.8, 4) is 17.0 Å². The van der Waals surface area contributed by atoms with Gasteiger partial charge in [0.15, 0.2) is 0 Å². The maximum Gasteiger partial charge on any atom is 0.227 e. The van der Waals surface area contributed by atoms with E-state index in [9.17, 15) is 0 Å². The van der Waals surface area contributed by atoms with Crippen LogP contribution in [0.4, 0.5) is 5.95 Å². The van der Waals surface area contributed by atoms with Gasteiger partial charge in [-0.25, -0.2) is 9.97 Å². The number of benzene rings is 1. The highest BCUT2D eigenvalue weighted by Gasteiger charge is 2.21. The number of morpholine rings is 1. The van der Waals surface area contributed by atoms with E-state index < -0.39 is 0 Å². The van der Waals surface area contributed by atoms with E-state index in [1.807, 2.05) is 24.3 Å². The van der Waals surface area contributed by atoms with Crippen LogP contribution < -0.4 is 9.64 Å². The van der Waals surface area contributed by atoms with Gasteiger partial charge in [-0.3, -0.25) is 0 Å². The maximum absolute atomic E-state index is 6.47. The number of halogens is 2. The van der Waals surface area contributed by atoms with Crippen LogP contribution in [0.15, 0.2) is 24.3 Å². The van der Waals surface area contributed by atoms with E-state index in [2.05, 4.69) is 9.88 Å². The topological polar surface area (TPSA) is 47.5 Å². The first kappa shape index (κ1) is 17.3. The summed E-state index contributed by atoms with van der Waals surface area (Å²) in [7, 11) is 1.64. The average molecular weight is 368 g/mol. The van der Waals surface area contributed by atoms with Gasteiger partial charge >= 0.3 is 0 Å². The molecule has 24 heavy (non-hydrogen) atoms. The fraction of sp³-hybridized carbons (Fsp3) is 0.412. The molecular weight excluding hydrogens is 349 g/mol. The predicted octanol–water partition coefficient (Wildman–Crippen LogP) is 3.42. The Morgan fingerprint density at radius 3 is 2.67 bits per heavy atom. The molecule has 5 nitrogen and oxygen atoms in total. The number of rotatable bonds is 5. The molecule has 128 valence electrons. The summed E-state index contributed by atoms with van der Waals surface area (Å²) in [5.41, 5.74) is 2.50. The van der Waals surface area contributed by atoms with Crippen LogP contribution in [0.2, 0.25) is 5.15 Å². The molecule has 1 aromatic carbocycles. The van der Waals surface area contributed by atoms with Crippen molar-refractivity contribution in [3.63, 3.8) is 0 Å². The zero-order valence-electron chi connectivity index (χ0n) is 13.5. The number of hydrogen-bond acceptors (Lipinski definition) is 5. The van der Waals surface area contributed by atoms with Gasteiger partial charge in [-0.1, -0.05) is 23.7 Å². The van der Waals surface area contributed by atoms with Gasteiger partial charge in [0.2, 0.25) is 5.95 Å². The summed E-state index contributed by atoms with van der Waals surface area (Å²) in [6.45, 7) is 2.82. The van der Waals surface area contributed by atoms with Crippen molar-refractivity contribution < 1.29 is 9.47 Å². The Balaban J connectivity index is 2.12. The minimum atomic E-state index is 0.438. The summed E-state index contributed by atoms with van der Waals surface area (Å²) in [6.07, 6.45) is 0.594. The highest BCUT2D eigenvalue weighted by atomic mass is 35.5. The molecule has 1 saturated heterocycles. The van der Waals surface area contributed by atoms with E-state index in [1.165, 1.54) is 0 Å². The van der Waals surface area contributed by atoms with Crippen LogP contribution in [0.3, 0.4) is 0 Å². The molecule has 0 N–H and O–H groups in total. The van der Waals surface area contributed by atoms with E-state index in [-0.39, 0.29) is 0 Å². The first-order valence-corrected chi connectivity index (χ1v) is 8.74. The normalized spacial score (nSPS) is 14.7. The molecule has 3 rings (SSSR count). The minimum Gasteiger partial charge on any atom is -0.496 e. The van der Waals surface area contributed by atoms with Crippen LogP contribution in [0.25, 0.3) is 11.3 Å². The second kappa shape index (κ2) is 8.01. The first-order chi connectivity index (χ1) is 11.7. The molecule has 0 saturated carbocycles. The molecule has 0 unspecified atom stereocenters. The van der Waals surface area contributed by atoms with Crippen LogP contribution in [-0.2, 0) is 11.2 Å². The van der Waals surface area contributed by atoms with E-state index in [0.717, 1.165) is 35.7 Å². The average Bonchev–Trinajstić information content (AvgIpc) is 2.64. The molecule has 1 aromatic heterocycles. The van der Waals surface area contributed by atoms with Gasteiger partial charge in [-0.05, 0) is 18.6 Å². The number of methoxy groups -OCH3 is 1. The molecule has 2 aromatic rings. The maximum atomic E-state index is 6.47. The fourth-order valence-electron chi connectivity index (χ4n) is 2.73. The largest absolute Gasteiger partial charge is 0.496 e. The summed E-state index contributed by atoms with van der Waals surface area (Å²) < 4.78 is 10.9. The molecule has 1 aliphatic heterocycles. The number of aromatic nitrogens is 2. The van der Waals surface area contributed by atoms with E-state index >= 15 is 0 Å². The van der Waals surface area contributed by atoms with Crippen molar-refractivity contribution in [3.05, 3.63) is 35.0 Å². The van der Waals surface area contributed by atoms with Gasteiger partial charge in [0, 0.05) is 30.1 Å². The monoisotopic (exact) mass is 367 g/mol. The van der Waals surface area contributed by atoms with Crippen LogP contribution in [0.1, 0.15) is 5.56 Å². The summed E-state index contributed by atoms with van der Waals surface area (Å²) in [4.78, 5) is 11.4. The predicted molar refractivity (Wildman–Crippen MR) is 96.5 cm³/mol. The van der Waals surface area contributed by atoms with Crippen molar-refractivity contribution in [1.82, 2.24) is 9.97 Å². The lowest BCUT2D eigenvalue weighted by molar-refractivity contribution is 0.122. The molecule has 0 aliphatic carbocycles. The van der Waals surface area contributed by atoms with E-state index in [4.69, 9.17) is 37.7 Å². The summed E-state index contributed by atoms with van der Waals surface area (Å²) >= 11 is 12.4. The molecule has 0 bridgehead atoms. The van der Waals surface area contributed by atoms with E-state index in [1.54, 1.807) is 7.11 Å². The third-order valence-electron chi connectivity index (χ3n) is 3.95. The number of ether oxygens (including phenoxy) is 2. The lowest BCUT2D eigenvalue weighted by atomic mass is 10.0. The van der Waals surface area contributed by atoms with Gasteiger partial charge in [0.25, 0.3) is 0 Å². The Morgan fingerprint density at radius 2 is 1.96 bits per heavy atom. The molecule has 1 fully saturated rings. The Bertz CT molecular complexity index is 706. The Morgan fingerprint density at radius 1 is 1.21 bits per heavy atom. The highest BCUT2D eigenvalue weighted by Crippen LogP contribution is 2.35. The van der Waals surface area contributed by atoms with Gasteiger partial charge in [-0.2, -0.15) is 0 Å². The van der Waals surface area contributed by atoms with Crippen LogP contribution >= 0.6 is 23.2 Å². The van der Waals surface area contributed by atoms with Crippen molar-refractivity contribution in [2.24, 2.45) is 0 Å². The molecule has 0 atom stereocenters. The third-order valence-corrected chi connectivity index (χ3v) is 4.45. The number of nitrogens with zero attached hydrogens (tertiary/aromatic N) is 3. The molecule has 0 radical (unpaired) electrons. The first-order valence-electron chi connectivity index (χ1n) is 7.83. The van der Waals surface area contributed by atoms with Crippen molar-refractivity contribution in [2.75, 3.05) is 44.2 Å². The molecule has 7 heteroatoms. The minimum absolute atomic E-state index is 0.438. The molecule has 1 aliphatic rings. The Kier molecular flexibility index (Phi) is 5.76. The lowest BCUT2D eigenvalue weighted by Gasteiger charge is -2.27. The molecule has 0 amide bonds. The van der Waals surface area contributed by atoms with Crippen LogP contribution in [0, 0.1) is 0 Å². The highest BCUT2D eigenvalue weighted by molar-refractivity contribution is 6.30. The zero-order valence-corrected chi connectivity index (χ0v) is 15.0. The van der Waals surface area contributed by atoms with Gasteiger partial charge in [0.05, 0.1) is 26.0 Å². The van der Waals surface area contributed by atoms with E-state index in [0.29, 0.717) is 36.6 Å². The number of hydrogen-bond donors (Lipinski definition) is 0. The second-order valence-corrected chi connectivity index (χ2v) is 6.12. The fourth-order valence-corrected chi connectivity index (χ4v) is 3.18. The summed E-state index contributed by atoms with van der Waals surface area (Å²) in [5.74, 6) is 1.81. The van der Waals surface area contributed by atoms with Gasteiger partial charge in [0.1, 0.15) is 10.9 Å². The standard InChI is InChI=1S/C17H19Cl2N3O2/c1-23-14-5-3-2-4-12(14)15-13(6-7-18)16(19)21-17(20-15)22-8-10-24-11-9-22/h2-5H,6-11H2,1H3. The molecular formula is C17H19Cl2N3O2. The Labute approximate surface area is 151 Å². The van der Waals surface area contributed by atoms with Crippen LogP contribution in [0.5, 0.6) is 5.75 Å². The number of anilines is 1. The van der Waals surface area contributed by atoms with Crippen molar-refractivity contribution >= 4 is 29.2 Å². The quantitative estimate of drug-likeness (QED) is 0.598. The van der Waals surface area contributed by atoms with Gasteiger partial charge in [-0.15, -0.1) is 11.6 Å². The third kappa shape index (κ3) is 3.58. The molecule has 2 heterocycles. The van der Waals surface area contributed by atoms with Crippen LogP contribution in [-0.4, -0.2) is 49.3 Å².